The lowest BCUT2D eigenvalue weighted by molar-refractivity contribution is -0.130. The van der Waals surface area contributed by atoms with Gasteiger partial charge in [-0.1, -0.05) is 18.2 Å². The molecule has 1 atom stereocenters. The fourth-order valence-electron chi connectivity index (χ4n) is 1.58. The molecule has 0 aromatic heterocycles. The van der Waals surface area contributed by atoms with Crippen LogP contribution in [0.2, 0.25) is 0 Å². The summed E-state index contributed by atoms with van der Waals surface area (Å²) in [4.78, 5) is 11.7. The lowest BCUT2D eigenvalue weighted by Gasteiger charge is -2.16. The Bertz CT molecular complexity index is 603. The second-order valence-electron chi connectivity index (χ2n) is 4.97. The number of nitrogens with zero attached hydrogens (tertiary/aromatic N) is 1. The SMILES string of the molecule is Cc1ccccc1OCC(O)C(=O)NCCN(C)S(C)(=O)=O. The summed E-state index contributed by atoms with van der Waals surface area (Å²) >= 11 is 0. The lowest BCUT2D eigenvalue weighted by Crippen LogP contribution is -2.42. The second-order valence-corrected chi connectivity index (χ2v) is 7.06. The number of nitrogens with one attached hydrogen (secondary N) is 1. The standard InChI is InChI=1S/C14H22N2O5S/c1-11-6-4-5-7-13(11)21-10-12(17)14(18)15-8-9-16(2)22(3,19)20/h4-7,12,17H,8-10H2,1-3H3,(H,15,18). The predicted octanol–water partition coefficient (Wildman–Crippen LogP) is -0.258. The number of aliphatic hydroxyl groups excluding tert-OH is 1. The van der Waals surface area contributed by atoms with Gasteiger partial charge in [0.05, 0.1) is 6.26 Å². The summed E-state index contributed by atoms with van der Waals surface area (Å²) in [6.07, 6.45) is -0.233. The number of amides is 1. The van der Waals surface area contributed by atoms with E-state index in [1.807, 2.05) is 19.1 Å². The van der Waals surface area contributed by atoms with Crippen LogP contribution in [0.4, 0.5) is 0 Å². The van der Waals surface area contributed by atoms with E-state index in [0.29, 0.717) is 5.75 Å². The number of carbonyl (C=O) groups excluding carboxylic acids is 1. The van der Waals surface area contributed by atoms with Crippen molar-refractivity contribution in [3.05, 3.63) is 29.8 Å². The van der Waals surface area contributed by atoms with Crippen LogP contribution in [0.15, 0.2) is 24.3 Å². The van der Waals surface area contributed by atoms with Crippen molar-refractivity contribution >= 4 is 15.9 Å². The topological polar surface area (TPSA) is 95.9 Å². The van der Waals surface area contributed by atoms with Gasteiger partial charge in [0.15, 0.2) is 6.10 Å². The third-order valence-electron chi connectivity index (χ3n) is 3.09. The third kappa shape index (κ3) is 6.00. The van der Waals surface area contributed by atoms with Gasteiger partial charge in [-0.2, -0.15) is 0 Å². The first-order valence-corrected chi connectivity index (χ1v) is 8.62. The number of aryl methyl sites for hydroxylation is 1. The highest BCUT2D eigenvalue weighted by molar-refractivity contribution is 7.88. The summed E-state index contributed by atoms with van der Waals surface area (Å²) in [5.41, 5.74) is 0.907. The average molecular weight is 330 g/mol. The molecule has 22 heavy (non-hydrogen) atoms. The number of rotatable bonds is 8. The van der Waals surface area contributed by atoms with Crippen molar-refractivity contribution in [1.82, 2.24) is 9.62 Å². The summed E-state index contributed by atoms with van der Waals surface area (Å²) < 4.78 is 28.9. The minimum absolute atomic E-state index is 0.115. The Hall–Kier alpha value is -1.64. The second kappa shape index (κ2) is 8.11. The Morgan fingerprint density at radius 1 is 1.41 bits per heavy atom. The molecule has 2 N–H and O–H groups in total. The van der Waals surface area contributed by atoms with E-state index in [1.54, 1.807) is 12.1 Å². The Balaban J connectivity index is 2.35. The molecule has 7 nitrogen and oxygen atoms in total. The molecule has 0 saturated heterocycles. The van der Waals surface area contributed by atoms with E-state index in [9.17, 15) is 18.3 Å². The minimum Gasteiger partial charge on any atom is -0.490 e. The highest BCUT2D eigenvalue weighted by Crippen LogP contribution is 2.16. The molecule has 1 aromatic rings. The van der Waals surface area contributed by atoms with E-state index >= 15 is 0 Å². The Labute approximate surface area is 130 Å². The van der Waals surface area contributed by atoms with E-state index in [0.717, 1.165) is 16.1 Å². The Morgan fingerprint density at radius 3 is 2.64 bits per heavy atom. The number of para-hydroxylation sites is 1. The van der Waals surface area contributed by atoms with Crippen LogP contribution in [0.3, 0.4) is 0 Å². The number of ether oxygens (including phenoxy) is 1. The average Bonchev–Trinajstić information content (AvgIpc) is 2.44. The Morgan fingerprint density at radius 2 is 2.05 bits per heavy atom. The van der Waals surface area contributed by atoms with Gasteiger partial charge in [-0.15, -0.1) is 0 Å². The van der Waals surface area contributed by atoms with Crippen LogP contribution in [0, 0.1) is 6.92 Å². The van der Waals surface area contributed by atoms with Crippen molar-refractivity contribution in [2.75, 3.05) is 33.0 Å². The van der Waals surface area contributed by atoms with E-state index < -0.39 is 22.0 Å². The van der Waals surface area contributed by atoms with Gasteiger partial charge < -0.3 is 15.2 Å². The van der Waals surface area contributed by atoms with E-state index in [4.69, 9.17) is 4.74 Å². The molecule has 1 unspecified atom stereocenters. The fraction of sp³-hybridized carbons (Fsp3) is 0.500. The van der Waals surface area contributed by atoms with Crippen LogP contribution in [0.1, 0.15) is 5.56 Å². The fourth-order valence-corrected chi connectivity index (χ4v) is 2.01. The highest BCUT2D eigenvalue weighted by Gasteiger charge is 2.17. The number of hydrogen-bond acceptors (Lipinski definition) is 5. The van der Waals surface area contributed by atoms with E-state index in [-0.39, 0.29) is 19.7 Å². The number of aliphatic hydroxyl groups is 1. The van der Waals surface area contributed by atoms with Gasteiger partial charge in [-0.3, -0.25) is 4.79 Å². The smallest absolute Gasteiger partial charge is 0.252 e. The van der Waals surface area contributed by atoms with Gasteiger partial charge in [0.1, 0.15) is 12.4 Å². The van der Waals surface area contributed by atoms with Crippen LogP contribution in [-0.4, -0.2) is 62.8 Å². The summed E-state index contributed by atoms with van der Waals surface area (Å²) in [6, 6.07) is 7.28. The molecule has 0 aliphatic carbocycles. The van der Waals surface area contributed by atoms with Gasteiger partial charge >= 0.3 is 0 Å². The third-order valence-corrected chi connectivity index (χ3v) is 4.40. The van der Waals surface area contributed by atoms with Crippen LogP contribution in [-0.2, 0) is 14.8 Å². The summed E-state index contributed by atoms with van der Waals surface area (Å²) in [7, 11) is -1.86. The maximum Gasteiger partial charge on any atom is 0.252 e. The van der Waals surface area contributed by atoms with Crippen LogP contribution >= 0.6 is 0 Å². The van der Waals surface area contributed by atoms with E-state index in [2.05, 4.69) is 5.32 Å². The molecule has 8 heteroatoms. The normalized spacial score (nSPS) is 13.0. The van der Waals surface area contributed by atoms with Crippen molar-refractivity contribution in [3.8, 4) is 5.75 Å². The van der Waals surface area contributed by atoms with Crippen LogP contribution in [0.5, 0.6) is 5.75 Å². The highest BCUT2D eigenvalue weighted by atomic mass is 32.2. The Kier molecular flexibility index (Phi) is 6.79. The van der Waals surface area contributed by atoms with Crippen molar-refractivity contribution in [2.24, 2.45) is 0 Å². The summed E-state index contributed by atoms with van der Waals surface area (Å²) in [5, 5.41) is 12.2. The molecule has 0 radical (unpaired) electrons. The molecule has 0 aliphatic heterocycles. The largest absolute Gasteiger partial charge is 0.490 e. The first-order valence-electron chi connectivity index (χ1n) is 6.77. The molecule has 124 valence electrons. The maximum atomic E-state index is 11.7. The quantitative estimate of drug-likeness (QED) is 0.685. The molecule has 1 rings (SSSR count). The van der Waals surface area contributed by atoms with Crippen LogP contribution < -0.4 is 10.1 Å². The zero-order valence-electron chi connectivity index (χ0n) is 12.9. The molecule has 0 bridgehead atoms. The molecular formula is C14H22N2O5S. The minimum atomic E-state index is -3.28. The summed E-state index contributed by atoms with van der Waals surface area (Å²) in [6.45, 7) is 1.95. The zero-order valence-corrected chi connectivity index (χ0v) is 13.8. The number of benzene rings is 1. The van der Waals surface area contributed by atoms with Crippen molar-refractivity contribution in [2.45, 2.75) is 13.0 Å². The van der Waals surface area contributed by atoms with E-state index in [1.165, 1.54) is 7.05 Å². The summed E-state index contributed by atoms with van der Waals surface area (Å²) in [5.74, 6) is 0.00152. The zero-order chi connectivity index (χ0) is 16.8. The van der Waals surface area contributed by atoms with Gasteiger partial charge in [0, 0.05) is 20.1 Å². The molecular weight excluding hydrogens is 308 g/mol. The molecule has 0 heterocycles. The molecule has 0 fully saturated rings. The molecule has 1 amide bonds. The maximum absolute atomic E-state index is 11.7. The predicted molar refractivity (Wildman–Crippen MR) is 83.2 cm³/mol. The van der Waals surface area contributed by atoms with Gasteiger partial charge in [-0.25, -0.2) is 12.7 Å². The van der Waals surface area contributed by atoms with Crippen molar-refractivity contribution in [3.63, 3.8) is 0 Å². The molecule has 1 aromatic carbocycles. The van der Waals surface area contributed by atoms with Gasteiger partial charge in [0.2, 0.25) is 10.0 Å². The number of hydrogen-bond donors (Lipinski definition) is 2. The number of likely N-dealkylation sites (N-methyl/N-ethyl adjacent to an activating group) is 1. The first-order chi connectivity index (χ1) is 10.2. The number of sulfonamides is 1. The molecule has 0 saturated carbocycles. The molecule has 0 spiro atoms. The van der Waals surface area contributed by atoms with Crippen molar-refractivity contribution < 1.29 is 23.1 Å². The van der Waals surface area contributed by atoms with Gasteiger partial charge in [0.25, 0.3) is 5.91 Å². The molecule has 0 aliphatic rings. The van der Waals surface area contributed by atoms with Crippen LogP contribution in [0.25, 0.3) is 0 Å². The van der Waals surface area contributed by atoms with Gasteiger partial charge in [-0.05, 0) is 18.6 Å². The monoisotopic (exact) mass is 330 g/mol. The number of carbonyl (C=O) groups is 1. The van der Waals surface area contributed by atoms with Crippen molar-refractivity contribution in [1.29, 1.82) is 0 Å². The first kappa shape index (κ1) is 18.4. The lowest BCUT2D eigenvalue weighted by atomic mass is 10.2.